The molecule has 3 heterocycles. The Kier molecular flexibility index (Phi) is 3.17. The third-order valence-electron chi connectivity index (χ3n) is 6.23. The molecular weight excluding hydrogens is 318 g/mol. The molecule has 0 bridgehead atoms. The predicted molar refractivity (Wildman–Crippen MR) is 90.0 cm³/mol. The van der Waals surface area contributed by atoms with Crippen LogP contribution in [-0.4, -0.2) is 42.5 Å². The van der Waals surface area contributed by atoms with Crippen molar-refractivity contribution in [1.29, 1.82) is 5.26 Å². The summed E-state index contributed by atoms with van der Waals surface area (Å²) in [4.78, 5) is 0. The number of rotatable bonds is 1. The summed E-state index contributed by atoms with van der Waals surface area (Å²) in [5.41, 5.74) is 5.44. The highest BCUT2D eigenvalue weighted by molar-refractivity contribution is 5.62. The van der Waals surface area contributed by atoms with Crippen molar-refractivity contribution in [2.24, 2.45) is 5.92 Å². The number of aliphatic hydroxyl groups is 1. The fraction of sp³-hybridized carbons (Fsp3) is 0.526. The molecule has 1 aromatic rings. The van der Waals surface area contributed by atoms with Gasteiger partial charge in [-0.15, -0.1) is 0 Å². The molecule has 5 unspecified atom stereocenters. The third-order valence-corrected chi connectivity index (χ3v) is 6.23. The second-order valence-corrected chi connectivity index (χ2v) is 7.36. The molecule has 1 fully saturated rings. The predicted octanol–water partition coefficient (Wildman–Crippen LogP) is 1.42. The first-order chi connectivity index (χ1) is 12.2. The molecule has 2 N–H and O–H groups in total. The number of hydrogen-bond donors (Lipinski definition) is 2. The molecule has 1 spiro atoms. The van der Waals surface area contributed by atoms with E-state index in [-0.39, 0.29) is 23.5 Å². The van der Waals surface area contributed by atoms with E-state index in [0.717, 1.165) is 35.6 Å². The zero-order valence-corrected chi connectivity index (χ0v) is 14.1. The molecule has 6 heteroatoms. The molecule has 0 amide bonds. The second kappa shape index (κ2) is 5.21. The Bertz CT molecular complexity index is 802. The SMILES string of the molecule is COc1ccc2c3c1OC1CC(O)C=CC31CCN1NCC(C#N)C21. The zero-order valence-electron chi connectivity index (χ0n) is 14.1. The molecule has 5 atom stereocenters. The average molecular weight is 339 g/mol. The minimum Gasteiger partial charge on any atom is -0.493 e. The Balaban J connectivity index is 1.77. The van der Waals surface area contributed by atoms with Gasteiger partial charge in [0, 0.05) is 25.1 Å². The fourth-order valence-electron chi connectivity index (χ4n) is 5.06. The molecular formula is C19H21N3O3. The van der Waals surface area contributed by atoms with Crippen LogP contribution in [0.1, 0.15) is 30.0 Å². The van der Waals surface area contributed by atoms with Gasteiger partial charge in [-0.3, -0.25) is 5.43 Å². The largest absolute Gasteiger partial charge is 0.493 e. The van der Waals surface area contributed by atoms with Gasteiger partial charge in [0.25, 0.3) is 0 Å². The van der Waals surface area contributed by atoms with Crippen LogP contribution in [0, 0.1) is 17.2 Å². The molecule has 130 valence electrons. The van der Waals surface area contributed by atoms with E-state index in [4.69, 9.17) is 9.47 Å². The van der Waals surface area contributed by atoms with Gasteiger partial charge in [-0.05, 0) is 18.1 Å². The minimum atomic E-state index is -0.479. The molecule has 1 aromatic carbocycles. The summed E-state index contributed by atoms with van der Waals surface area (Å²) >= 11 is 0. The number of fused-ring (bicyclic) bond motifs is 2. The molecule has 0 radical (unpaired) electrons. The first kappa shape index (κ1) is 15.2. The van der Waals surface area contributed by atoms with Crippen molar-refractivity contribution in [2.75, 3.05) is 20.2 Å². The minimum absolute atomic E-state index is 0.0200. The number of nitrogens with one attached hydrogen (secondary N) is 1. The van der Waals surface area contributed by atoms with Crippen LogP contribution in [0.25, 0.3) is 0 Å². The maximum Gasteiger partial charge on any atom is 0.166 e. The van der Waals surface area contributed by atoms with E-state index < -0.39 is 6.10 Å². The highest BCUT2D eigenvalue weighted by Gasteiger charge is 2.55. The van der Waals surface area contributed by atoms with E-state index in [0.29, 0.717) is 13.0 Å². The molecule has 4 aliphatic rings. The van der Waals surface area contributed by atoms with Gasteiger partial charge < -0.3 is 14.6 Å². The number of ether oxygens (including phenoxy) is 2. The summed E-state index contributed by atoms with van der Waals surface area (Å²) in [5.74, 6) is 1.42. The van der Waals surface area contributed by atoms with Crippen LogP contribution in [0.3, 0.4) is 0 Å². The van der Waals surface area contributed by atoms with Crippen LogP contribution in [0.5, 0.6) is 11.5 Å². The van der Waals surface area contributed by atoms with Gasteiger partial charge in [0.1, 0.15) is 6.10 Å². The van der Waals surface area contributed by atoms with E-state index in [2.05, 4.69) is 28.6 Å². The summed E-state index contributed by atoms with van der Waals surface area (Å²) in [5, 5.41) is 21.9. The van der Waals surface area contributed by atoms with Gasteiger partial charge in [-0.1, -0.05) is 18.2 Å². The monoisotopic (exact) mass is 339 g/mol. The van der Waals surface area contributed by atoms with E-state index in [1.54, 1.807) is 7.11 Å². The van der Waals surface area contributed by atoms with Crippen LogP contribution < -0.4 is 14.9 Å². The third kappa shape index (κ3) is 1.89. The number of methoxy groups -OCH3 is 1. The van der Waals surface area contributed by atoms with Crippen molar-refractivity contribution >= 4 is 0 Å². The first-order valence-electron chi connectivity index (χ1n) is 8.83. The maximum atomic E-state index is 10.1. The molecule has 0 saturated carbocycles. The Hall–Kier alpha value is -2.07. The standard InChI is InChI=1S/C19H21N3O3/c1-24-14-3-2-13-16-18(14)25-15-8-12(23)4-5-19(15,16)6-7-22-17(13)11(9-20)10-21-22/h2-5,11-12,15,17,21,23H,6-8,10H2,1H3. The van der Waals surface area contributed by atoms with Gasteiger partial charge in [-0.2, -0.15) is 5.26 Å². The summed E-state index contributed by atoms with van der Waals surface area (Å²) in [6, 6.07) is 6.51. The normalized spacial score (nSPS) is 38.1. The van der Waals surface area contributed by atoms with E-state index in [9.17, 15) is 10.4 Å². The van der Waals surface area contributed by atoms with Crippen LogP contribution in [-0.2, 0) is 5.41 Å². The van der Waals surface area contributed by atoms with Gasteiger partial charge in [-0.25, -0.2) is 5.01 Å². The Morgan fingerprint density at radius 2 is 2.36 bits per heavy atom. The highest BCUT2D eigenvalue weighted by atomic mass is 16.5. The molecule has 1 saturated heterocycles. The average Bonchev–Trinajstić information content (AvgIpc) is 3.14. The number of aliphatic hydroxyl groups excluding tert-OH is 1. The molecule has 5 rings (SSSR count). The molecule has 25 heavy (non-hydrogen) atoms. The number of nitriles is 1. The number of hydrazine groups is 1. The zero-order chi connectivity index (χ0) is 17.2. The van der Waals surface area contributed by atoms with Crippen molar-refractivity contribution in [3.63, 3.8) is 0 Å². The summed E-state index contributed by atoms with van der Waals surface area (Å²) in [6.07, 6.45) is 4.91. The maximum absolute atomic E-state index is 10.1. The summed E-state index contributed by atoms with van der Waals surface area (Å²) < 4.78 is 11.9. The van der Waals surface area contributed by atoms with Crippen molar-refractivity contribution in [2.45, 2.75) is 36.5 Å². The fourth-order valence-corrected chi connectivity index (χ4v) is 5.06. The van der Waals surface area contributed by atoms with Crippen molar-refractivity contribution in [3.8, 4) is 17.6 Å². The molecule has 0 aromatic heterocycles. The topological polar surface area (TPSA) is 77.8 Å². The van der Waals surface area contributed by atoms with Gasteiger partial charge in [0.15, 0.2) is 11.5 Å². The van der Waals surface area contributed by atoms with Crippen LogP contribution in [0.15, 0.2) is 24.3 Å². The lowest BCUT2D eigenvalue weighted by molar-refractivity contribution is 0.0774. The molecule has 3 aliphatic heterocycles. The first-order valence-corrected chi connectivity index (χ1v) is 8.83. The van der Waals surface area contributed by atoms with Crippen LogP contribution in [0.2, 0.25) is 0 Å². The van der Waals surface area contributed by atoms with Gasteiger partial charge in [0.05, 0.1) is 36.7 Å². The van der Waals surface area contributed by atoms with E-state index >= 15 is 0 Å². The van der Waals surface area contributed by atoms with Crippen molar-refractivity contribution in [1.82, 2.24) is 10.4 Å². The van der Waals surface area contributed by atoms with Crippen LogP contribution in [0.4, 0.5) is 0 Å². The van der Waals surface area contributed by atoms with Gasteiger partial charge in [0.2, 0.25) is 0 Å². The van der Waals surface area contributed by atoms with E-state index in [1.807, 2.05) is 12.1 Å². The smallest absolute Gasteiger partial charge is 0.166 e. The van der Waals surface area contributed by atoms with Crippen molar-refractivity contribution in [3.05, 3.63) is 35.4 Å². The quantitative estimate of drug-likeness (QED) is 0.754. The Morgan fingerprint density at radius 3 is 3.16 bits per heavy atom. The Morgan fingerprint density at radius 1 is 1.48 bits per heavy atom. The second-order valence-electron chi connectivity index (χ2n) is 7.36. The number of nitrogens with zero attached hydrogens (tertiary/aromatic N) is 2. The van der Waals surface area contributed by atoms with Crippen LogP contribution >= 0.6 is 0 Å². The molecule has 1 aliphatic carbocycles. The summed E-state index contributed by atoms with van der Waals surface area (Å²) in [7, 11) is 1.65. The van der Waals surface area contributed by atoms with E-state index in [1.165, 1.54) is 0 Å². The lowest BCUT2D eigenvalue weighted by Gasteiger charge is -2.35. The lowest BCUT2D eigenvalue weighted by Crippen LogP contribution is -2.43. The lowest BCUT2D eigenvalue weighted by atomic mass is 9.68. The highest BCUT2D eigenvalue weighted by Crippen LogP contribution is 2.58. The Labute approximate surface area is 146 Å². The molecule has 6 nitrogen and oxygen atoms in total. The van der Waals surface area contributed by atoms with Crippen molar-refractivity contribution < 1.29 is 14.6 Å². The summed E-state index contributed by atoms with van der Waals surface area (Å²) in [6.45, 7) is 1.51. The van der Waals surface area contributed by atoms with Gasteiger partial charge >= 0.3 is 0 Å². The number of hydrogen-bond acceptors (Lipinski definition) is 6. The number of benzene rings is 1.